The summed E-state index contributed by atoms with van der Waals surface area (Å²) in [5.74, 6) is 0.721. The molecule has 0 aromatic heterocycles. The number of halogens is 1. The highest BCUT2D eigenvalue weighted by Crippen LogP contribution is 2.47. The number of nitrogens with zero attached hydrogens (tertiary/aromatic N) is 1. The minimum atomic E-state index is -0.439. The second kappa shape index (κ2) is 6.84. The van der Waals surface area contributed by atoms with Crippen molar-refractivity contribution in [2.75, 3.05) is 19.0 Å². The zero-order valence-electron chi connectivity index (χ0n) is 14.8. The van der Waals surface area contributed by atoms with E-state index in [1.165, 1.54) is 0 Å². The van der Waals surface area contributed by atoms with Crippen molar-refractivity contribution >= 4 is 39.5 Å². The number of rotatable bonds is 3. The van der Waals surface area contributed by atoms with Gasteiger partial charge < -0.3 is 15.0 Å². The Hall–Kier alpha value is -1.05. The zero-order chi connectivity index (χ0) is 18.4. The minimum absolute atomic E-state index is 0.0432. The lowest BCUT2D eigenvalue weighted by molar-refractivity contribution is -0.139. The van der Waals surface area contributed by atoms with Crippen LogP contribution in [0.25, 0.3) is 0 Å². The van der Waals surface area contributed by atoms with Gasteiger partial charge in [0.2, 0.25) is 11.8 Å². The first-order valence-electron chi connectivity index (χ1n) is 9.06. The Labute approximate surface area is 166 Å². The number of amides is 2. The molecule has 3 aliphatic heterocycles. The van der Waals surface area contributed by atoms with Gasteiger partial charge in [-0.05, 0) is 43.9 Å². The van der Waals surface area contributed by atoms with Gasteiger partial charge in [0.25, 0.3) is 0 Å². The summed E-state index contributed by atoms with van der Waals surface area (Å²) in [4.78, 5) is 27.2. The molecule has 3 aliphatic rings. The second-order valence-electron chi connectivity index (χ2n) is 7.46. The van der Waals surface area contributed by atoms with E-state index in [2.05, 4.69) is 40.3 Å². The molecule has 0 aliphatic carbocycles. The van der Waals surface area contributed by atoms with Crippen LogP contribution >= 0.6 is 27.7 Å². The van der Waals surface area contributed by atoms with Crippen LogP contribution < -0.4 is 5.32 Å². The van der Waals surface area contributed by atoms with Gasteiger partial charge in [-0.1, -0.05) is 28.1 Å². The first-order chi connectivity index (χ1) is 12.4. The maximum Gasteiger partial charge on any atom is 0.244 e. The van der Waals surface area contributed by atoms with Crippen LogP contribution in [0.3, 0.4) is 0 Å². The van der Waals surface area contributed by atoms with Crippen LogP contribution in [0.5, 0.6) is 0 Å². The fraction of sp³-hybridized carbons (Fsp3) is 0.579. The molecule has 3 saturated heterocycles. The quantitative estimate of drug-likeness (QED) is 0.787. The van der Waals surface area contributed by atoms with Crippen LogP contribution in [-0.4, -0.2) is 46.6 Å². The van der Waals surface area contributed by atoms with E-state index in [9.17, 15) is 9.59 Å². The lowest BCUT2D eigenvalue weighted by atomic mass is 9.82. The first-order valence-corrected chi connectivity index (χ1v) is 10.8. The summed E-state index contributed by atoms with van der Waals surface area (Å²) in [6.07, 6.45) is 2.84. The summed E-state index contributed by atoms with van der Waals surface area (Å²) >= 11 is 5.26. The molecule has 5 nitrogen and oxygen atoms in total. The third kappa shape index (κ3) is 3.08. The Balaban J connectivity index is 1.60. The topological polar surface area (TPSA) is 58.6 Å². The van der Waals surface area contributed by atoms with Crippen LogP contribution in [0.1, 0.15) is 38.2 Å². The molecule has 1 aromatic rings. The van der Waals surface area contributed by atoms with Gasteiger partial charge >= 0.3 is 0 Å². The Morgan fingerprint density at radius 1 is 1.35 bits per heavy atom. The van der Waals surface area contributed by atoms with Crippen molar-refractivity contribution < 1.29 is 14.3 Å². The highest BCUT2D eigenvalue weighted by atomic mass is 79.9. The van der Waals surface area contributed by atoms with Crippen LogP contribution in [0, 0.1) is 0 Å². The number of hydrogen-bond acceptors (Lipinski definition) is 4. The van der Waals surface area contributed by atoms with Crippen molar-refractivity contribution in [2.45, 2.75) is 49.1 Å². The number of carbonyl (C=O) groups is 2. The normalized spacial score (nSPS) is 30.3. The Kier molecular flexibility index (Phi) is 4.82. The SMILES string of the molecule is CC12CCC(=O)N1C(C(=O)NC1(c3cccc(Br)c3)CCOCC1)CS2. The summed E-state index contributed by atoms with van der Waals surface area (Å²) in [6.45, 7) is 3.31. The van der Waals surface area contributed by atoms with Gasteiger partial charge in [-0.15, -0.1) is 11.8 Å². The predicted molar refractivity (Wildman–Crippen MR) is 105 cm³/mol. The minimum Gasteiger partial charge on any atom is -0.381 e. The second-order valence-corrected chi connectivity index (χ2v) is 9.88. The van der Waals surface area contributed by atoms with Gasteiger partial charge in [-0.25, -0.2) is 0 Å². The van der Waals surface area contributed by atoms with Crippen molar-refractivity contribution in [2.24, 2.45) is 0 Å². The van der Waals surface area contributed by atoms with Crippen LogP contribution in [-0.2, 0) is 19.9 Å². The fourth-order valence-corrected chi connectivity index (χ4v) is 6.16. The maximum absolute atomic E-state index is 13.2. The zero-order valence-corrected chi connectivity index (χ0v) is 17.2. The monoisotopic (exact) mass is 438 g/mol. The smallest absolute Gasteiger partial charge is 0.244 e. The molecule has 0 spiro atoms. The standard InChI is InChI=1S/C19H23BrN2O3S/c1-18-6-5-16(23)22(18)15(12-26-18)17(24)21-19(7-9-25-10-8-19)13-3-2-4-14(20)11-13/h2-4,11,15H,5-10,12H2,1H3,(H,21,24). The average molecular weight is 439 g/mol. The first kappa shape index (κ1) is 18.3. The number of hydrogen-bond donors (Lipinski definition) is 1. The van der Waals surface area contributed by atoms with Gasteiger partial charge in [-0.3, -0.25) is 9.59 Å². The molecule has 140 valence electrons. The lowest BCUT2D eigenvalue weighted by Crippen LogP contribution is -2.57. The fourth-order valence-electron chi connectivity index (χ4n) is 4.33. The molecule has 7 heteroatoms. The van der Waals surface area contributed by atoms with E-state index in [1.54, 1.807) is 11.8 Å². The van der Waals surface area contributed by atoms with Crippen molar-refractivity contribution in [1.82, 2.24) is 10.2 Å². The van der Waals surface area contributed by atoms with Gasteiger partial charge in [-0.2, -0.15) is 0 Å². The molecular formula is C19H23BrN2O3S. The predicted octanol–water partition coefficient (Wildman–Crippen LogP) is 3.03. The van der Waals surface area contributed by atoms with E-state index < -0.39 is 5.54 Å². The molecular weight excluding hydrogens is 416 g/mol. The van der Waals surface area contributed by atoms with Gasteiger partial charge in [0.05, 0.1) is 10.4 Å². The van der Waals surface area contributed by atoms with E-state index in [0.29, 0.717) is 25.4 Å². The number of carbonyl (C=O) groups excluding carboxylic acids is 2. The summed E-state index contributed by atoms with van der Waals surface area (Å²) in [5, 5.41) is 3.32. The molecule has 2 unspecified atom stereocenters. The number of fused-ring (bicyclic) bond motifs is 1. The molecule has 0 bridgehead atoms. The Bertz CT molecular complexity index is 737. The molecule has 2 amide bonds. The van der Waals surface area contributed by atoms with Crippen LogP contribution in [0.2, 0.25) is 0 Å². The van der Waals surface area contributed by atoms with Gasteiger partial charge in [0, 0.05) is 29.9 Å². The van der Waals surface area contributed by atoms with Crippen molar-refractivity contribution in [1.29, 1.82) is 0 Å². The van der Waals surface area contributed by atoms with Crippen molar-refractivity contribution in [3.8, 4) is 0 Å². The lowest BCUT2D eigenvalue weighted by Gasteiger charge is -2.40. The number of ether oxygens (including phenoxy) is 1. The van der Waals surface area contributed by atoms with E-state index >= 15 is 0 Å². The van der Waals surface area contributed by atoms with Crippen molar-refractivity contribution in [3.05, 3.63) is 34.3 Å². The van der Waals surface area contributed by atoms with E-state index in [-0.39, 0.29) is 22.7 Å². The van der Waals surface area contributed by atoms with Gasteiger partial charge in [0.1, 0.15) is 6.04 Å². The largest absolute Gasteiger partial charge is 0.381 e. The number of nitrogens with one attached hydrogen (secondary N) is 1. The summed E-state index contributed by atoms with van der Waals surface area (Å²) in [6, 6.07) is 7.73. The summed E-state index contributed by atoms with van der Waals surface area (Å²) in [5.41, 5.74) is 0.649. The Morgan fingerprint density at radius 3 is 2.85 bits per heavy atom. The molecule has 1 aromatic carbocycles. The molecule has 3 fully saturated rings. The molecule has 3 heterocycles. The van der Waals surface area contributed by atoms with Crippen molar-refractivity contribution in [3.63, 3.8) is 0 Å². The third-order valence-electron chi connectivity index (χ3n) is 5.83. The molecule has 2 atom stereocenters. The van der Waals surface area contributed by atoms with E-state index in [0.717, 1.165) is 29.3 Å². The molecule has 0 radical (unpaired) electrons. The molecule has 4 rings (SSSR count). The summed E-state index contributed by atoms with van der Waals surface area (Å²) in [7, 11) is 0. The van der Waals surface area contributed by atoms with Crippen LogP contribution in [0.15, 0.2) is 28.7 Å². The summed E-state index contributed by atoms with van der Waals surface area (Å²) < 4.78 is 6.55. The average Bonchev–Trinajstić information content (AvgIpc) is 3.12. The Morgan fingerprint density at radius 2 is 2.12 bits per heavy atom. The molecule has 1 N–H and O–H groups in total. The third-order valence-corrected chi connectivity index (χ3v) is 7.83. The number of benzene rings is 1. The van der Waals surface area contributed by atoms with E-state index in [4.69, 9.17) is 4.74 Å². The van der Waals surface area contributed by atoms with Gasteiger partial charge in [0.15, 0.2) is 0 Å². The highest BCUT2D eigenvalue weighted by molar-refractivity contribution is 9.10. The maximum atomic E-state index is 13.2. The highest BCUT2D eigenvalue weighted by Gasteiger charge is 2.53. The molecule has 0 saturated carbocycles. The van der Waals surface area contributed by atoms with E-state index in [1.807, 2.05) is 17.0 Å². The number of thioether (sulfide) groups is 1. The van der Waals surface area contributed by atoms with Crippen LogP contribution in [0.4, 0.5) is 0 Å². The molecule has 26 heavy (non-hydrogen) atoms.